The predicted molar refractivity (Wildman–Crippen MR) is 71.9 cm³/mol. The van der Waals surface area contributed by atoms with Crippen molar-refractivity contribution in [3.63, 3.8) is 0 Å². The summed E-state index contributed by atoms with van der Waals surface area (Å²) in [7, 11) is 0. The maximum Gasteiger partial charge on any atom is 0.140 e. The summed E-state index contributed by atoms with van der Waals surface area (Å²) in [4.78, 5) is 35.0. The van der Waals surface area contributed by atoms with Crippen molar-refractivity contribution in [2.75, 3.05) is 0 Å². The van der Waals surface area contributed by atoms with Gasteiger partial charge in [0.15, 0.2) is 0 Å². The summed E-state index contributed by atoms with van der Waals surface area (Å²) in [5.41, 5.74) is 1.11. The van der Waals surface area contributed by atoms with Crippen LogP contribution >= 0.6 is 0 Å². The lowest BCUT2D eigenvalue weighted by Crippen LogP contribution is -2.16. The first-order valence-corrected chi connectivity index (χ1v) is 6.75. The minimum atomic E-state index is -0.100. The molecule has 0 heterocycles. The molecular weight excluding hydrogens is 240 g/mol. The fraction of sp³-hybridized carbons (Fsp3) is 0.438. The highest BCUT2D eigenvalue weighted by Gasteiger charge is 2.21. The molecule has 1 aromatic rings. The molecule has 1 aliphatic carbocycles. The van der Waals surface area contributed by atoms with Gasteiger partial charge >= 0.3 is 0 Å². The van der Waals surface area contributed by atoms with Gasteiger partial charge in [0.25, 0.3) is 0 Å². The molecule has 3 nitrogen and oxygen atoms in total. The molecule has 0 amide bonds. The van der Waals surface area contributed by atoms with Crippen LogP contribution < -0.4 is 0 Å². The van der Waals surface area contributed by atoms with E-state index in [1.54, 1.807) is 0 Å². The molecule has 19 heavy (non-hydrogen) atoms. The first kappa shape index (κ1) is 13.7. The van der Waals surface area contributed by atoms with Crippen molar-refractivity contribution in [2.24, 2.45) is 0 Å². The lowest BCUT2D eigenvalue weighted by molar-refractivity contribution is -0.129. The van der Waals surface area contributed by atoms with E-state index in [2.05, 4.69) is 0 Å². The summed E-state index contributed by atoms with van der Waals surface area (Å²) in [5.74, 6) is 0.124. The van der Waals surface area contributed by atoms with Gasteiger partial charge in [-0.3, -0.25) is 14.4 Å². The average Bonchev–Trinajstić information content (AvgIpc) is 2.41. The molecule has 1 aromatic carbocycles. The van der Waals surface area contributed by atoms with Crippen LogP contribution in [-0.2, 0) is 14.4 Å². The maximum atomic E-state index is 11.9. The van der Waals surface area contributed by atoms with Crippen molar-refractivity contribution in [3.05, 3.63) is 35.9 Å². The lowest BCUT2D eigenvalue weighted by Gasteiger charge is -2.17. The summed E-state index contributed by atoms with van der Waals surface area (Å²) in [6.07, 6.45) is 1.96. The molecule has 3 heteroatoms. The second-order valence-corrected chi connectivity index (χ2v) is 5.14. The smallest absolute Gasteiger partial charge is 0.140 e. The zero-order valence-corrected chi connectivity index (χ0v) is 10.9. The number of carbonyl (C=O) groups excluding carboxylic acids is 3. The standard InChI is InChI=1S/C16H18O3/c17-14-8-9-16(19)11-15(18)7-6-13(10-14)12-4-2-1-3-5-12/h1-5,13H,6-11H2/t13-/m0/s1. The zero-order valence-electron chi connectivity index (χ0n) is 10.9. The van der Waals surface area contributed by atoms with Crippen LogP contribution in [0.2, 0.25) is 0 Å². The van der Waals surface area contributed by atoms with E-state index in [9.17, 15) is 14.4 Å². The highest BCUT2D eigenvalue weighted by atomic mass is 16.1. The summed E-state index contributed by atoms with van der Waals surface area (Å²) < 4.78 is 0. The van der Waals surface area contributed by atoms with E-state index in [0.29, 0.717) is 19.3 Å². The molecule has 0 saturated heterocycles. The molecule has 1 aliphatic rings. The molecule has 0 aromatic heterocycles. The van der Waals surface area contributed by atoms with Crippen LogP contribution in [0.3, 0.4) is 0 Å². The number of rotatable bonds is 1. The number of ketones is 3. The molecule has 0 aliphatic heterocycles. The van der Waals surface area contributed by atoms with Gasteiger partial charge in [0.2, 0.25) is 0 Å². The Morgan fingerprint density at radius 1 is 0.789 bits per heavy atom. The van der Waals surface area contributed by atoms with Gasteiger partial charge < -0.3 is 0 Å². The Kier molecular flexibility index (Phi) is 4.61. The van der Waals surface area contributed by atoms with Crippen molar-refractivity contribution in [3.8, 4) is 0 Å². The van der Waals surface area contributed by atoms with Gasteiger partial charge in [-0.15, -0.1) is 0 Å². The van der Waals surface area contributed by atoms with E-state index >= 15 is 0 Å². The van der Waals surface area contributed by atoms with Crippen molar-refractivity contribution in [1.82, 2.24) is 0 Å². The average molecular weight is 258 g/mol. The van der Waals surface area contributed by atoms with Gasteiger partial charge in [0, 0.05) is 25.7 Å². The van der Waals surface area contributed by atoms with E-state index in [1.807, 2.05) is 30.3 Å². The number of hydrogen-bond acceptors (Lipinski definition) is 3. The minimum Gasteiger partial charge on any atom is -0.300 e. The molecule has 1 fully saturated rings. The first-order valence-electron chi connectivity index (χ1n) is 6.75. The monoisotopic (exact) mass is 258 g/mol. The minimum absolute atomic E-state index is 0.000259. The molecule has 0 radical (unpaired) electrons. The van der Waals surface area contributed by atoms with Crippen LogP contribution in [0.4, 0.5) is 0 Å². The lowest BCUT2D eigenvalue weighted by atomic mass is 9.86. The largest absolute Gasteiger partial charge is 0.300 e. The Bertz CT molecular complexity index is 476. The van der Waals surface area contributed by atoms with E-state index in [-0.39, 0.29) is 42.5 Å². The van der Waals surface area contributed by atoms with Gasteiger partial charge in [0.05, 0.1) is 6.42 Å². The van der Waals surface area contributed by atoms with E-state index < -0.39 is 0 Å². The number of hydrogen-bond donors (Lipinski definition) is 0. The third kappa shape index (κ3) is 4.12. The quantitative estimate of drug-likeness (QED) is 0.728. The summed E-state index contributed by atoms with van der Waals surface area (Å²) in [6, 6.07) is 9.84. The fourth-order valence-electron chi connectivity index (χ4n) is 2.50. The highest BCUT2D eigenvalue weighted by Crippen LogP contribution is 2.27. The topological polar surface area (TPSA) is 51.2 Å². The second kappa shape index (κ2) is 6.41. The number of carbonyl (C=O) groups is 3. The Morgan fingerprint density at radius 3 is 2.16 bits per heavy atom. The van der Waals surface area contributed by atoms with Crippen LogP contribution in [0, 0.1) is 0 Å². The molecule has 100 valence electrons. The fourth-order valence-corrected chi connectivity index (χ4v) is 2.50. The van der Waals surface area contributed by atoms with Gasteiger partial charge in [-0.2, -0.15) is 0 Å². The Balaban J connectivity index is 2.12. The second-order valence-electron chi connectivity index (χ2n) is 5.14. The van der Waals surface area contributed by atoms with Crippen molar-refractivity contribution in [2.45, 2.75) is 44.4 Å². The van der Waals surface area contributed by atoms with Crippen LogP contribution in [0.25, 0.3) is 0 Å². The molecule has 1 saturated carbocycles. The van der Waals surface area contributed by atoms with Gasteiger partial charge in [-0.25, -0.2) is 0 Å². The van der Waals surface area contributed by atoms with E-state index in [1.165, 1.54) is 0 Å². The van der Waals surface area contributed by atoms with Gasteiger partial charge in [-0.1, -0.05) is 30.3 Å². The molecular formula is C16H18O3. The highest BCUT2D eigenvalue weighted by molar-refractivity contribution is 6.00. The van der Waals surface area contributed by atoms with Crippen molar-refractivity contribution < 1.29 is 14.4 Å². The maximum absolute atomic E-state index is 11.9. The van der Waals surface area contributed by atoms with E-state index in [4.69, 9.17) is 0 Å². The third-order valence-electron chi connectivity index (χ3n) is 3.59. The summed E-state index contributed by atoms with van der Waals surface area (Å²) in [6.45, 7) is 0. The first-order chi connectivity index (χ1) is 9.15. The summed E-state index contributed by atoms with van der Waals surface area (Å²) >= 11 is 0. The third-order valence-corrected chi connectivity index (χ3v) is 3.59. The van der Waals surface area contributed by atoms with Crippen molar-refractivity contribution in [1.29, 1.82) is 0 Å². The Hall–Kier alpha value is -1.77. The zero-order chi connectivity index (χ0) is 13.7. The van der Waals surface area contributed by atoms with Crippen LogP contribution in [0.15, 0.2) is 30.3 Å². The Labute approximate surface area is 113 Å². The number of benzene rings is 1. The number of Topliss-reactive ketones (excluding diaryl/α,β-unsaturated/α-hetero) is 3. The van der Waals surface area contributed by atoms with Crippen molar-refractivity contribution >= 4 is 17.3 Å². The van der Waals surface area contributed by atoms with Crippen LogP contribution in [-0.4, -0.2) is 17.3 Å². The molecule has 0 bridgehead atoms. The molecule has 0 spiro atoms. The van der Waals surface area contributed by atoms with Crippen LogP contribution in [0.5, 0.6) is 0 Å². The van der Waals surface area contributed by atoms with Gasteiger partial charge in [0.1, 0.15) is 17.3 Å². The molecule has 1 atom stereocenters. The van der Waals surface area contributed by atoms with Gasteiger partial charge in [-0.05, 0) is 17.9 Å². The predicted octanol–water partition coefficient (Wildman–Crippen LogP) is 2.83. The molecule has 0 unspecified atom stereocenters. The molecule has 2 rings (SSSR count). The SMILES string of the molecule is O=C1CCC(=O)C[C@@H](c2ccccc2)CCC(=O)C1. The van der Waals surface area contributed by atoms with E-state index in [0.717, 1.165) is 5.56 Å². The molecule has 0 N–H and O–H groups in total. The Morgan fingerprint density at radius 2 is 1.42 bits per heavy atom. The normalized spacial score (nSPS) is 22.3. The summed E-state index contributed by atoms with van der Waals surface area (Å²) in [5, 5.41) is 0. The van der Waals surface area contributed by atoms with Crippen LogP contribution in [0.1, 0.15) is 50.0 Å².